The highest BCUT2D eigenvalue weighted by Crippen LogP contribution is 2.31. The van der Waals surface area contributed by atoms with Crippen LogP contribution in [0.2, 0.25) is 0 Å². The third kappa shape index (κ3) is 5.18. The number of benzene rings is 1. The number of carbonyl (C=O) groups is 1. The Bertz CT molecular complexity index is 1390. The number of nitriles is 1. The normalized spacial score (nSPS) is 19.3. The molecule has 4 heterocycles. The minimum atomic E-state index is -0.179. The fourth-order valence-electron chi connectivity index (χ4n) is 5.16. The Labute approximate surface area is 221 Å². The number of hydrogen-bond donors (Lipinski definition) is 1. The molecule has 0 bridgehead atoms. The number of amides is 1. The van der Waals surface area contributed by atoms with Crippen LogP contribution >= 0.6 is 0 Å². The molecule has 2 fully saturated rings. The first kappa shape index (κ1) is 25.3. The lowest BCUT2D eigenvalue weighted by Crippen LogP contribution is -2.49. The zero-order valence-corrected chi connectivity index (χ0v) is 21.6. The number of ether oxygens (including phenoxy) is 1. The number of nitrogens with one attached hydrogen (secondary N) is 1. The second kappa shape index (κ2) is 10.9. The predicted octanol–water partition coefficient (Wildman–Crippen LogP) is 2.60. The molecule has 1 amide bonds. The van der Waals surface area contributed by atoms with Gasteiger partial charge in [0, 0.05) is 50.0 Å². The van der Waals surface area contributed by atoms with Gasteiger partial charge in [0.15, 0.2) is 0 Å². The molecule has 0 saturated carbocycles. The van der Waals surface area contributed by atoms with Crippen LogP contribution in [0.4, 0.5) is 11.5 Å². The topological polar surface area (TPSA) is 118 Å². The van der Waals surface area contributed by atoms with Gasteiger partial charge >= 0.3 is 0 Å². The third-order valence-corrected chi connectivity index (χ3v) is 7.54. The quantitative estimate of drug-likeness (QED) is 0.534. The molecule has 1 N–H and O–H groups in total. The fraction of sp³-hybridized carbons (Fsp3) is 0.393. The highest BCUT2D eigenvalue weighted by molar-refractivity contribution is 5.94. The van der Waals surface area contributed by atoms with E-state index in [1.807, 2.05) is 36.1 Å². The Morgan fingerprint density at radius 3 is 2.71 bits per heavy atom. The second-order valence-electron chi connectivity index (χ2n) is 9.87. The van der Waals surface area contributed by atoms with Crippen LogP contribution in [0, 0.1) is 24.2 Å². The van der Waals surface area contributed by atoms with Crippen molar-refractivity contribution in [3.63, 3.8) is 0 Å². The van der Waals surface area contributed by atoms with Crippen LogP contribution in [0.25, 0.3) is 0 Å². The minimum absolute atomic E-state index is 0.0241. The summed E-state index contributed by atoms with van der Waals surface area (Å²) < 4.78 is 6.20. The highest BCUT2D eigenvalue weighted by Gasteiger charge is 2.33. The minimum Gasteiger partial charge on any atom is -0.491 e. The number of piperazine rings is 1. The zero-order chi connectivity index (χ0) is 26.6. The van der Waals surface area contributed by atoms with Crippen LogP contribution in [0.1, 0.15) is 34.8 Å². The van der Waals surface area contributed by atoms with E-state index in [1.165, 1.54) is 0 Å². The molecule has 5 rings (SSSR count). The fourth-order valence-corrected chi connectivity index (χ4v) is 5.16. The molecule has 2 aliphatic heterocycles. The van der Waals surface area contributed by atoms with Crippen molar-refractivity contribution in [2.45, 2.75) is 26.3 Å². The zero-order valence-electron chi connectivity index (χ0n) is 21.6. The lowest BCUT2D eigenvalue weighted by atomic mass is 10.0. The Morgan fingerprint density at radius 1 is 1.16 bits per heavy atom. The van der Waals surface area contributed by atoms with E-state index in [-0.39, 0.29) is 17.5 Å². The molecule has 10 heteroatoms. The summed E-state index contributed by atoms with van der Waals surface area (Å²) >= 11 is 0. The lowest BCUT2D eigenvalue weighted by molar-refractivity contribution is 0.0746. The second-order valence-corrected chi connectivity index (χ2v) is 9.87. The van der Waals surface area contributed by atoms with Crippen molar-refractivity contribution in [1.82, 2.24) is 20.1 Å². The average molecular weight is 514 g/mol. The van der Waals surface area contributed by atoms with Crippen LogP contribution in [-0.4, -0.2) is 71.4 Å². The molecule has 2 aliphatic rings. The van der Waals surface area contributed by atoms with Gasteiger partial charge < -0.3 is 19.4 Å². The first-order valence-electron chi connectivity index (χ1n) is 12.9. The SMILES string of the molecule is Cc1c(N2CC[C@H](C)[C@@H]2COc2cccc(C(=O)N3CCN(c4ccc(C#N)cn4)CC3)c2)cn[nH]c1=O. The predicted molar refractivity (Wildman–Crippen MR) is 144 cm³/mol. The summed E-state index contributed by atoms with van der Waals surface area (Å²) in [5, 5.41) is 15.4. The van der Waals surface area contributed by atoms with Gasteiger partial charge in [0.1, 0.15) is 24.2 Å². The Hall–Kier alpha value is -4.39. The average Bonchev–Trinajstić information content (AvgIpc) is 3.33. The maximum atomic E-state index is 13.3. The monoisotopic (exact) mass is 513 g/mol. The number of rotatable bonds is 6. The summed E-state index contributed by atoms with van der Waals surface area (Å²) in [5.74, 6) is 1.83. The van der Waals surface area contributed by atoms with Crippen molar-refractivity contribution in [2.75, 3.05) is 49.1 Å². The highest BCUT2D eigenvalue weighted by atomic mass is 16.5. The van der Waals surface area contributed by atoms with Crippen molar-refractivity contribution in [3.05, 3.63) is 75.8 Å². The van der Waals surface area contributed by atoms with Crippen molar-refractivity contribution in [2.24, 2.45) is 5.92 Å². The number of H-pyrrole nitrogens is 1. The summed E-state index contributed by atoms with van der Waals surface area (Å²) in [6.07, 6.45) is 4.28. The van der Waals surface area contributed by atoms with Gasteiger partial charge in [-0.3, -0.25) is 9.59 Å². The number of pyridine rings is 1. The van der Waals surface area contributed by atoms with Crippen molar-refractivity contribution < 1.29 is 9.53 Å². The summed E-state index contributed by atoms with van der Waals surface area (Å²) in [6.45, 7) is 7.81. The Kier molecular flexibility index (Phi) is 7.26. The van der Waals surface area contributed by atoms with Gasteiger partial charge in [-0.15, -0.1) is 0 Å². The molecule has 38 heavy (non-hydrogen) atoms. The molecule has 10 nitrogen and oxygen atoms in total. The molecule has 0 aliphatic carbocycles. The molecule has 1 aromatic carbocycles. The van der Waals surface area contributed by atoms with Crippen molar-refractivity contribution >= 4 is 17.4 Å². The van der Waals surface area contributed by atoms with E-state index in [0.29, 0.717) is 61.1 Å². The van der Waals surface area contributed by atoms with E-state index in [1.54, 1.807) is 24.5 Å². The van der Waals surface area contributed by atoms with Gasteiger partial charge in [-0.1, -0.05) is 13.0 Å². The number of carbonyl (C=O) groups excluding carboxylic acids is 1. The standard InChI is InChI=1S/C28H31N7O3/c1-19-8-9-35(24-17-31-32-27(36)20(24)2)25(19)18-38-23-5-3-4-22(14-23)28(37)34-12-10-33(11-13-34)26-7-6-21(15-29)16-30-26/h3-7,14,16-17,19,25H,8-13,18H2,1-2H3,(H,32,36)/t19-,25-/m0/s1. The maximum absolute atomic E-state index is 13.3. The van der Waals surface area contributed by atoms with E-state index >= 15 is 0 Å². The van der Waals surface area contributed by atoms with Gasteiger partial charge in [0.25, 0.3) is 11.5 Å². The first-order chi connectivity index (χ1) is 18.4. The summed E-state index contributed by atoms with van der Waals surface area (Å²) in [7, 11) is 0. The van der Waals surface area contributed by atoms with Crippen LogP contribution < -0.4 is 20.1 Å². The lowest BCUT2D eigenvalue weighted by Gasteiger charge is -2.35. The number of hydrogen-bond acceptors (Lipinski definition) is 8. The third-order valence-electron chi connectivity index (χ3n) is 7.54. The molecule has 196 valence electrons. The van der Waals surface area contributed by atoms with Gasteiger partial charge in [-0.2, -0.15) is 10.4 Å². The van der Waals surface area contributed by atoms with Crippen LogP contribution in [0.15, 0.2) is 53.6 Å². The van der Waals surface area contributed by atoms with E-state index in [9.17, 15) is 9.59 Å². The van der Waals surface area contributed by atoms with Gasteiger partial charge in [0.05, 0.1) is 23.5 Å². The molecule has 2 aromatic heterocycles. The maximum Gasteiger partial charge on any atom is 0.269 e. The van der Waals surface area contributed by atoms with Crippen LogP contribution in [-0.2, 0) is 0 Å². The van der Waals surface area contributed by atoms with Gasteiger partial charge in [-0.25, -0.2) is 10.1 Å². The molecule has 0 spiro atoms. The number of nitrogens with zero attached hydrogens (tertiary/aromatic N) is 6. The van der Waals surface area contributed by atoms with Gasteiger partial charge in [-0.05, 0) is 49.6 Å². The molecule has 2 atom stereocenters. The summed E-state index contributed by atoms with van der Waals surface area (Å²) in [6, 6.07) is 13.1. The van der Waals surface area contributed by atoms with E-state index in [2.05, 4.69) is 38.0 Å². The molecule has 0 radical (unpaired) electrons. The van der Waals surface area contributed by atoms with Crippen LogP contribution in [0.3, 0.4) is 0 Å². The summed E-state index contributed by atoms with van der Waals surface area (Å²) in [5.41, 5.74) is 2.44. The Balaban J connectivity index is 1.20. The smallest absolute Gasteiger partial charge is 0.269 e. The van der Waals surface area contributed by atoms with Crippen molar-refractivity contribution in [3.8, 4) is 11.8 Å². The van der Waals surface area contributed by atoms with E-state index in [0.717, 1.165) is 24.5 Å². The van der Waals surface area contributed by atoms with E-state index in [4.69, 9.17) is 10.00 Å². The molecular weight excluding hydrogens is 482 g/mol. The summed E-state index contributed by atoms with van der Waals surface area (Å²) in [4.78, 5) is 35.9. The molecule has 0 unspecified atom stereocenters. The number of aromatic nitrogens is 3. The first-order valence-corrected chi connectivity index (χ1v) is 12.9. The largest absolute Gasteiger partial charge is 0.491 e. The Morgan fingerprint density at radius 2 is 1.97 bits per heavy atom. The molecule has 2 saturated heterocycles. The van der Waals surface area contributed by atoms with Crippen molar-refractivity contribution in [1.29, 1.82) is 5.26 Å². The van der Waals surface area contributed by atoms with E-state index < -0.39 is 0 Å². The van der Waals surface area contributed by atoms with Gasteiger partial charge in [0.2, 0.25) is 0 Å². The number of anilines is 2. The number of aromatic amines is 1. The molecule has 3 aromatic rings. The van der Waals surface area contributed by atoms with Crippen LogP contribution in [0.5, 0.6) is 5.75 Å². The molecular formula is C28H31N7O3.